The van der Waals surface area contributed by atoms with Crippen molar-refractivity contribution in [3.05, 3.63) is 18.2 Å². The van der Waals surface area contributed by atoms with Crippen molar-refractivity contribution >= 4 is 5.91 Å². The summed E-state index contributed by atoms with van der Waals surface area (Å²) in [5, 5.41) is 0. The number of imidazole rings is 1. The first-order chi connectivity index (χ1) is 9.27. The molecule has 108 valence electrons. The maximum Gasteiger partial charge on any atom is 0.228 e. The molecule has 1 aromatic rings. The van der Waals surface area contributed by atoms with Gasteiger partial charge in [0, 0.05) is 25.0 Å². The van der Waals surface area contributed by atoms with E-state index in [4.69, 9.17) is 0 Å². The molecule has 0 aliphatic rings. The van der Waals surface area contributed by atoms with E-state index in [1.807, 2.05) is 4.90 Å². The number of H-pyrrole nitrogens is 1. The number of hydrogen-bond donors (Lipinski definition) is 1. The van der Waals surface area contributed by atoms with Crippen LogP contribution in [0.25, 0.3) is 0 Å². The van der Waals surface area contributed by atoms with E-state index in [9.17, 15) is 4.79 Å². The van der Waals surface area contributed by atoms with E-state index in [1.165, 1.54) is 25.7 Å². The van der Waals surface area contributed by atoms with Gasteiger partial charge in [-0.1, -0.05) is 39.5 Å². The van der Waals surface area contributed by atoms with Crippen LogP contribution in [0.5, 0.6) is 0 Å². The highest BCUT2D eigenvalue weighted by molar-refractivity contribution is 5.78. The average molecular weight is 265 g/mol. The number of amides is 1. The summed E-state index contributed by atoms with van der Waals surface area (Å²) in [6.07, 6.45) is 10.8. The van der Waals surface area contributed by atoms with E-state index in [0.29, 0.717) is 6.42 Å². The van der Waals surface area contributed by atoms with Gasteiger partial charge in [0.15, 0.2) is 0 Å². The second-order valence-corrected chi connectivity index (χ2v) is 5.05. The quantitative estimate of drug-likeness (QED) is 0.661. The molecule has 0 saturated heterocycles. The zero-order valence-corrected chi connectivity index (χ0v) is 12.3. The highest BCUT2D eigenvalue weighted by atomic mass is 16.2. The van der Waals surface area contributed by atoms with Crippen LogP contribution in [0.2, 0.25) is 0 Å². The molecular formula is C15H27N3O. The third-order valence-electron chi connectivity index (χ3n) is 3.31. The minimum atomic E-state index is 0.219. The summed E-state index contributed by atoms with van der Waals surface area (Å²) >= 11 is 0. The van der Waals surface area contributed by atoms with Crippen molar-refractivity contribution < 1.29 is 4.79 Å². The van der Waals surface area contributed by atoms with Gasteiger partial charge in [0.2, 0.25) is 5.91 Å². The predicted octanol–water partition coefficient (Wildman–Crippen LogP) is 3.16. The molecule has 0 aliphatic heterocycles. The lowest BCUT2D eigenvalue weighted by molar-refractivity contribution is -0.130. The molecule has 0 saturated carbocycles. The molecule has 0 spiro atoms. The minimum Gasteiger partial charge on any atom is -0.348 e. The molecule has 1 N–H and O–H groups in total. The number of nitrogens with one attached hydrogen (secondary N) is 1. The largest absolute Gasteiger partial charge is 0.348 e. The summed E-state index contributed by atoms with van der Waals surface area (Å²) in [5.74, 6) is 0.219. The van der Waals surface area contributed by atoms with E-state index >= 15 is 0 Å². The Morgan fingerprint density at radius 2 is 1.79 bits per heavy atom. The Kier molecular flexibility index (Phi) is 7.94. The Hall–Kier alpha value is -1.32. The van der Waals surface area contributed by atoms with Crippen LogP contribution in [-0.2, 0) is 11.2 Å². The van der Waals surface area contributed by atoms with Crippen LogP contribution in [0, 0.1) is 0 Å². The maximum absolute atomic E-state index is 12.3. The third-order valence-corrected chi connectivity index (χ3v) is 3.31. The molecule has 0 unspecified atom stereocenters. The highest BCUT2D eigenvalue weighted by Crippen LogP contribution is 2.06. The summed E-state index contributed by atoms with van der Waals surface area (Å²) < 4.78 is 0. The van der Waals surface area contributed by atoms with Crippen LogP contribution in [0.4, 0.5) is 0 Å². The number of hydrogen-bond acceptors (Lipinski definition) is 2. The number of rotatable bonds is 10. The van der Waals surface area contributed by atoms with Crippen LogP contribution in [0.3, 0.4) is 0 Å². The first-order valence-electron chi connectivity index (χ1n) is 7.53. The summed E-state index contributed by atoms with van der Waals surface area (Å²) in [4.78, 5) is 21.3. The smallest absolute Gasteiger partial charge is 0.228 e. The molecule has 4 nitrogen and oxygen atoms in total. The van der Waals surface area contributed by atoms with Crippen molar-refractivity contribution in [2.75, 3.05) is 13.1 Å². The Morgan fingerprint density at radius 3 is 2.26 bits per heavy atom. The Bertz CT molecular complexity index is 325. The van der Waals surface area contributed by atoms with Gasteiger partial charge in [0.1, 0.15) is 0 Å². The van der Waals surface area contributed by atoms with Crippen molar-refractivity contribution in [3.63, 3.8) is 0 Å². The second-order valence-electron chi connectivity index (χ2n) is 5.05. The molecule has 4 heteroatoms. The first kappa shape index (κ1) is 15.7. The van der Waals surface area contributed by atoms with Crippen LogP contribution in [0.15, 0.2) is 12.5 Å². The lowest BCUT2D eigenvalue weighted by Crippen LogP contribution is -2.34. The number of carbonyl (C=O) groups is 1. The number of nitrogens with zero attached hydrogens (tertiary/aromatic N) is 2. The summed E-state index contributed by atoms with van der Waals surface area (Å²) in [6.45, 7) is 6.16. The van der Waals surface area contributed by atoms with Gasteiger partial charge in [-0.05, 0) is 12.8 Å². The molecule has 0 radical (unpaired) electrons. The van der Waals surface area contributed by atoms with Gasteiger partial charge in [-0.3, -0.25) is 4.79 Å². The molecule has 1 amide bonds. The Balaban J connectivity index is 2.42. The second kappa shape index (κ2) is 9.59. The van der Waals surface area contributed by atoms with E-state index in [0.717, 1.165) is 31.6 Å². The maximum atomic E-state index is 12.3. The normalized spacial score (nSPS) is 10.6. The van der Waals surface area contributed by atoms with Crippen LogP contribution < -0.4 is 0 Å². The highest BCUT2D eigenvalue weighted by Gasteiger charge is 2.13. The van der Waals surface area contributed by atoms with Crippen LogP contribution in [-0.4, -0.2) is 33.9 Å². The van der Waals surface area contributed by atoms with Crippen molar-refractivity contribution in [2.24, 2.45) is 0 Å². The fourth-order valence-corrected chi connectivity index (χ4v) is 2.12. The lowest BCUT2D eigenvalue weighted by Gasteiger charge is -2.22. The topological polar surface area (TPSA) is 49.0 Å². The molecule has 19 heavy (non-hydrogen) atoms. The number of carbonyl (C=O) groups excluding carboxylic acids is 1. The molecule has 1 aromatic heterocycles. The SMILES string of the molecule is CCCCCN(CCCCC)C(=O)Cc1cnc[nH]1. The summed E-state index contributed by atoms with van der Waals surface area (Å²) in [7, 11) is 0. The van der Waals surface area contributed by atoms with Crippen molar-refractivity contribution in [1.29, 1.82) is 0 Å². The number of aromatic nitrogens is 2. The zero-order chi connectivity index (χ0) is 13.9. The minimum absolute atomic E-state index is 0.219. The Morgan fingerprint density at radius 1 is 1.16 bits per heavy atom. The number of aromatic amines is 1. The van der Waals surface area contributed by atoms with Gasteiger partial charge >= 0.3 is 0 Å². The standard InChI is InChI=1S/C15H27N3O/c1-3-5-7-9-18(10-8-6-4-2)15(19)11-14-12-16-13-17-14/h12-13H,3-11H2,1-2H3,(H,16,17). The predicted molar refractivity (Wildman–Crippen MR) is 77.9 cm³/mol. The molecule has 1 rings (SSSR count). The van der Waals surface area contributed by atoms with E-state index in [-0.39, 0.29) is 5.91 Å². The molecule has 0 aromatic carbocycles. The third kappa shape index (κ3) is 6.41. The van der Waals surface area contributed by atoms with E-state index in [1.54, 1.807) is 12.5 Å². The zero-order valence-electron chi connectivity index (χ0n) is 12.3. The summed E-state index contributed by atoms with van der Waals surface area (Å²) in [6, 6.07) is 0. The van der Waals surface area contributed by atoms with Crippen molar-refractivity contribution in [2.45, 2.75) is 58.8 Å². The van der Waals surface area contributed by atoms with Crippen molar-refractivity contribution in [3.8, 4) is 0 Å². The van der Waals surface area contributed by atoms with E-state index in [2.05, 4.69) is 23.8 Å². The average Bonchev–Trinajstić information content (AvgIpc) is 2.90. The fourth-order valence-electron chi connectivity index (χ4n) is 2.12. The molecule has 0 bridgehead atoms. The van der Waals surface area contributed by atoms with Gasteiger partial charge in [-0.25, -0.2) is 4.98 Å². The fraction of sp³-hybridized carbons (Fsp3) is 0.733. The molecule has 1 heterocycles. The molecule has 0 aliphatic carbocycles. The lowest BCUT2D eigenvalue weighted by atomic mass is 10.2. The Labute approximate surface area is 116 Å². The molecule has 0 atom stereocenters. The van der Waals surface area contributed by atoms with Gasteiger partial charge in [0.25, 0.3) is 0 Å². The summed E-state index contributed by atoms with van der Waals surface area (Å²) in [5.41, 5.74) is 0.904. The number of unbranched alkanes of at least 4 members (excludes halogenated alkanes) is 4. The first-order valence-corrected chi connectivity index (χ1v) is 7.53. The van der Waals surface area contributed by atoms with Crippen molar-refractivity contribution in [1.82, 2.24) is 14.9 Å². The molecule has 0 fully saturated rings. The van der Waals surface area contributed by atoms with Crippen LogP contribution in [0.1, 0.15) is 58.1 Å². The monoisotopic (exact) mass is 265 g/mol. The molecular weight excluding hydrogens is 238 g/mol. The van der Waals surface area contributed by atoms with Crippen LogP contribution >= 0.6 is 0 Å². The van der Waals surface area contributed by atoms with E-state index < -0.39 is 0 Å². The van der Waals surface area contributed by atoms with Gasteiger partial charge in [-0.15, -0.1) is 0 Å². The van der Waals surface area contributed by atoms with Gasteiger partial charge < -0.3 is 9.88 Å². The van der Waals surface area contributed by atoms with Gasteiger partial charge in [-0.2, -0.15) is 0 Å². The van der Waals surface area contributed by atoms with Gasteiger partial charge in [0.05, 0.1) is 12.7 Å².